The minimum absolute atomic E-state index is 0.0310. The smallest absolute Gasteiger partial charge is 0.263 e. The van der Waals surface area contributed by atoms with Crippen LogP contribution in [0.15, 0.2) is 35.4 Å². The molecule has 1 N–H and O–H groups in total. The van der Waals surface area contributed by atoms with Crippen LogP contribution in [0.2, 0.25) is 10.0 Å². The fourth-order valence-electron chi connectivity index (χ4n) is 4.68. The average Bonchev–Trinajstić information content (AvgIpc) is 3.01. The van der Waals surface area contributed by atoms with Crippen molar-refractivity contribution in [3.63, 3.8) is 0 Å². The molecule has 3 atom stereocenters. The highest BCUT2D eigenvalue weighted by molar-refractivity contribution is 7.90. The topological polar surface area (TPSA) is 88.6 Å². The Morgan fingerprint density at radius 2 is 1.82 bits per heavy atom. The molecule has 184 valence electrons. The molecule has 7 nitrogen and oxygen atoms in total. The van der Waals surface area contributed by atoms with Crippen molar-refractivity contribution in [2.45, 2.75) is 68.2 Å². The van der Waals surface area contributed by atoms with Gasteiger partial charge in [-0.05, 0) is 57.7 Å². The van der Waals surface area contributed by atoms with Gasteiger partial charge in [0.1, 0.15) is 17.4 Å². The molecule has 0 spiro atoms. The van der Waals surface area contributed by atoms with Crippen LogP contribution in [0.1, 0.15) is 39.5 Å². The Morgan fingerprint density at radius 1 is 1.18 bits per heavy atom. The first kappa shape index (κ1) is 25.0. The van der Waals surface area contributed by atoms with E-state index < -0.39 is 21.3 Å². The average molecular weight is 530 g/mol. The van der Waals surface area contributed by atoms with Crippen molar-refractivity contribution in [3.05, 3.63) is 46.3 Å². The quantitative estimate of drug-likeness (QED) is 0.557. The molecule has 2 fully saturated rings. The maximum atomic E-state index is 13.6. The number of nitrogens with one attached hydrogen (secondary N) is 1. The molecule has 11 heteroatoms. The van der Waals surface area contributed by atoms with Gasteiger partial charge in [0, 0.05) is 36.6 Å². The van der Waals surface area contributed by atoms with Gasteiger partial charge in [-0.15, -0.1) is 0 Å². The largest absolute Gasteiger partial charge is 0.476 e. The summed E-state index contributed by atoms with van der Waals surface area (Å²) in [6, 6.07) is 5.97. The molecular weight excluding hydrogens is 504 g/mol. The van der Waals surface area contributed by atoms with Crippen LogP contribution in [0.5, 0.6) is 5.75 Å². The Morgan fingerprint density at radius 3 is 2.38 bits per heavy atom. The maximum Gasteiger partial charge on any atom is 0.263 e. The lowest BCUT2D eigenvalue weighted by Gasteiger charge is -2.40. The van der Waals surface area contributed by atoms with Crippen molar-refractivity contribution in [1.29, 1.82) is 0 Å². The first-order valence-electron chi connectivity index (χ1n) is 10.9. The number of carbonyl (C=O) groups is 1. The number of hydrogen-bond acceptors (Lipinski definition) is 6. The molecule has 3 heterocycles. The molecule has 1 aromatic carbocycles. The molecule has 1 amide bonds. The second kappa shape index (κ2) is 9.17. The minimum Gasteiger partial charge on any atom is -0.476 e. The summed E-state index contributed by atoms with van der Waals surface area (Å²) < 4.78 is 42.8. The van der Waals surface area contributed by atoms with Gasteiger partial charge in [-0.2, -0.15) is 0 Å². The Kier molecular flexibility index (Phi) is 6.74. The van der Waals surface area contributed by atoms with Crippen LogP contribution >= 0.6 is 23.2 Å². The predicted octanol–water partition coefficient (Wildman–Crippen LogP) is 4.40. The van der Waals surface area contributed by atoms with Gasteiger partial charge in [0.25, 0.3) is 5.91 Å². The molecule has 4 rings (SSSR count). The van der Waals surface area contributed by atoms with Crippen molar-refractivity contribution in [3.8, 4) is 5.75 Å². The standard InChI is InChI=1S/C23H26Cl2FN3O4S/c1-23(2,33-20-11-17(24)19(26)10-18(20)25)22(30)28-13-8-14-4-5-15(9-13)29(14)21-7-6-16(12-27-21)34(3,31)32/h6-7,10-15H,4-5,8-9H2,1-3H3,(H,28,30)/t13?,14-,15+. The van der Waals surface area contributed by atoms with Crippen LogP contribution in [0.3, 0.4) is 0 Å². The Bertz CT molecular complexity index is 1190. The second-order valence-corrected chi connectivity index (χ2v) is 12.2. The van der Waals surface area contributed by atoms with E-state index in [0.29, 0.717) is 0 Å². The lowest BCUT2D eigenvalue weighted by atomic mass is 9.96. The number of halogens is 3. The number of nitrogens with zero attached hydrogens (tertiary/aromatic N) is 2. The van der Waals surface area contributed by atoms with Crippen molar-refractivity contribution in [2.75, 3.05) is 11.2 Å². The summed E-state index contributed by atoms with van der Waals surface area (Å²) in [7, 11) is -3.30. The molecule has 2 aliphatic heterocycles. The third-order valence-electron chi connectivity index (χ3n) is 6.37. The zero-order chi connectivity index (χ0) is 24.8. The summed E-state index contributed by atoms with van der Waals surface area (Å²) in [4.78, 5) is 19.9. The number of piperidine rings is 1. The third kappa shape index (κ3) is 5.11. The normalized spacial score (nSPS) is 22.5. The monoisotopic (exact) mass is 529 g/mol. The predicted molar refractivity (Wildman–Crippen MR) is 129 cm³/mol. The van der Waals surface area contributed by atoms with Crippen LogP contribution in [0.25, 0.3) is 0 Å². The lowest BCUT2D eigenvalue weighted by molar-refractivity contribution is -0.135. The number of anilines is 1. The SMILES string of the molecule is CC(C)(Oc1cc(Cl)c(F)cc1Cl)C(=O)NC1C[C@H]2CC[C@@H](C1)N2c1ccc(S(C)(=O)=O)cn1. The van der Waals surface area contributed by atoms with Gasteiger partial charge in [0.2, 0.25) is 0 Å². The third-order valence-corrected chi connectivity index (χ3v) is 8.05. The van der Waals surface area contributed by atoms with E-state index >= 15 is 0 Å². The molecule has 0 aliphatic carbocycles. The molecule has 34 heavy (non-hydrogen) atoms. The van der Waals surface area contributed by atoms with Gasteiger partial charge in [0.15, 0.2) is 15.4 Å². The molecular formula is C23H26Cl2FN3O4S. The summed E-state index contributed by atoms with van der Waals surface area (Å²) in [6.45, 7) is 3.24. The van der Waals surface area contributed by atoms with Crippen LogP contribution in [-0.4, -0.2) is 49.3 Å². The van der Waals surface area contributed by atoms with E-state index in [0.717, 1.165) is 43.8 Å². The van der Waals surface area contributed by atoms with Gasteiger partial charge in [-0.3, -0.25) is 4.79 Å². The summed E-state index contributed by atoms with van der Waals surface area (Å²) >= 11 is 11.9. The number of pyridine rings is 1. The van der Waals surface area contributed by atoms with Crippen molar-refractivity contribution < 1.29 is 22.3 Å². The van der Waals surface area contributed by atoms with E-state index in [1.807, 2.05) is 0 Å². The van der Waals surface area contributed by atoms with E-state index in [1.165, 1.54) is 12.3 Å². The Hall–Kier alpha value is -2.10. The van der Waals surface area contributed by atoms with Crippen LogP contribution in [0.4, 0.5) is 10.2 Å². The first-order valence-corrected chi connectivity index (χ1v) is 13.6. The number of amides is 1. The van der Waals surface area contributed by atoms with Gasteiger partial charge in [-0.1, -0.05) is 23.2 Å². The number of rotatable bonds is 6. The molecule has 2 saturated heterocycles. The van der Waals surface area contributed by atoms with Gasteiger partial charge in [-0.25, -0.2) is 17.8 Å². The van der Waals surface area contributed by atoms with E-state index in [1.54, 1.807) is 26.0 Å². The molecule has 2 aromatic rings. The van der Waals surface area contributed by atoms with E-state index in [4.69, 9.17) is 27.9 Å². The molecule has 2 bridgehead atoms. The van der Waals surface area contributed by atoms with E-state index in [-0.39, 0.29) is 44.7 Å². The summed E-state index contributed by atoms with van der Waals surface area (Å²) in [5, 5.41) is 2.98. The summed E-state index contributed by atoms with van der Waals surface area (Å²) in [5.74, 6) is -0.0932. The number of benzene rings is 1. The Labute approximate surface area is 208 Å². The van der Waals surface area contributed by atoms with E-state index in [9.17, 15) is 17.6 Å². The summed E-state index contributed by atoms with van der Waals surface area (Å²) in [5.41, 5.74) is -1.26. The van der Waals surface area contributed by atoms with Crippen LogP contribution in [-0.2, 0) is 14.6 Å². The molecule has 0 saturated carbocycles. The molecule has 1 aromatic heterocycles. The number of sulfone groups is 1. The number of hydrogen-bond donors (Lipinski definition) is 1. The number of carbonyl (C=O) groups excluding carboxylic acids is 1. The van der Waals surface area contributed by atoms with E-state index in [2.05, 4.69) is 15.2 Å². The van der Waals surface area contributed by atoms with Crippen LogP contribution < -0.4 is 15.0 Å². The minimum atomic E-state index is -3.30. The highest BCUT2D eigenvalue weighted by Gasteiger charge is 2.43. The zero-order valence-electron chi connectivity index (χ0n) is 19.0. The Balaban J connectivity index is 1.42. The molecule has 0 radical (unpaired) electrons. The summed E-state index contributed by atoms with van der Waals surface area (Å²) in [6.07, 6.45) is 5.95. The van der Waals surface area contributed by atoms with Crippen molar-refractivity contribution in [2.24, 2.45) is 0 Å². The van der Waals surface area contributed by atoms with Gasteiger partial charge >= 0.3 is 0 Å². The maximum absolute atomic E-state index is 13.6. The fourth-order valence-corrected chi connectivity index (χ4v) is 5.58. The second-order valence-electron chi connectivity index (χ2n) is 9.37. The number of aromatic nitrogens is 1. The highest BCUT2D eigenvalue weighted by atomic mass is 35.5. The van der Waals surface area contributed by atoms with Crippen LogP contribution in [0, 0.1) is 5.82 Å². The van der Waals surface area contributed by atoms with Gasteiger partial charge < -0.3 is 15.0 Å². The van der Waals surface area contributed by atoms with Gasteiger partial charge in [0.05, 0.1) is 14.9 Å². The molecule has 2 aliphatic rings. The zero-order valence-corrected chi connectivity index (χ0v) is 21.3. The van der Waals surface area contributed by atoms with Crippen molar-refractivity contribution in [1.82, 2.24) is 10.3 Å². The lowest BCUT2D eigenvalue weighted by Crippen LogP contribution is -2.55. The number of ether oxygens (including phenoxy) is 1. The van der Waals surface area contributed by atoms with Crippen molar-refractivity contribution >= 4 is 44.8 Å². The number of fused-ring (bicyclic) bond motifs is 2. The highest BCUT2D eigenvalue weighted by Crippen LogP contribution is 2.39. The fraction of sp³-hybridized carbons (Fsp3) is 0.478. The molecule has 1 unspecified atom stereocenters. The first-order chi connectivity index (χ1) is 15.8.